The van der Waals surface area contributed by atoms with E-state index in [-0.39, 0.29) is 5.91 Å². The molecule has 5 nitrogen and oxygen atoms in total. The van der Waals surface area contributed by atoms with Crippen LogP contribution in [0, 0.1) is 5.92 Å². The number of carbonyl (C=O) groups is 1. The predicted molar refractivity (Wildman–Crippen MR) is 86.2 cm³/mol. The molecule has 0 spiro atoms. The third kappa shape index (κ3) is 4.91. The molecule has 1 aliphatic heterocycles. The van der Waals surface area contributed by atoms with Crippen molar-refractivity contribution in [2.75, 3.05) is 27.3 Å². The second-order valence-electron chi connectivity index (χ2n) is 5.70. The predicted octanol–water partition coefficient (Wildman–Crippen LogP) is 2.10. The van der Waals surface area contributed by atoms with E-state index < -0.39 is 0 Å². The van der Waals surface area contributed by atoms with Crippen LogP contribution in [0.2, 0.25) is 0 Å². The summed E-state index contributed by atoms with van der Waals surface area (Å²) in [5, 5.41) is 6.32. The Bertz CT molecular complexity index is 485. The van der Waals surface area contributed by atoms with E-state index in [1.54, 1.807) is 14.2 Å². The van der Waals surface area contributed by atoms with Gasteiger partial charge in [0.15, 0.2) is 11.5 Å². The molecular weight excluding hydrogens is 280 g/mol. The number of hydrogen-bond donors (Lipinski definition) is 2. The number of ether oxygens (including phenoxy) is 2. The molecule has 122 valence electrons. The first-order valence-electron chi connectivity index (χ1n) is 7.91. The highest BCUT2D eigenvalue weighted by Gasteiger charge is 2.14. The molecule has 1 heterocycles. The maximum absolute atomic E-state index is 12.0. The molecule has 1 saturated heterocycles. The largest absolute Gasteiger partial charge is 0.493 e. The SMILES string of the molecule is COc1ccc(CNC(=O)CCC2CCNCC2)cc1OC. The minimum absolute atomic E-state index is 0.119. The van der Waals surface area contributed by atoms with Crippen LogP contribution in [0.5, 0.6) is 11.5 Å². The minimum Gasteiger partial charge on any atom is -0.493 e. The van der Waals surface area contributed by atoms with Crippen molar-refractivity contribution in [1.82, 2.24) is 10.6 Å². The van der Waals surface area contributed by atoms with Crippen LogP contribution in [-0.2, 0) is 11.3 Å². The molecular formula is C17H26N2O3. The summed E-state index contributed by atoms with van der Waals surface area (Å²) in [4.78, 5) is 12.0. The van der Waals surface area contributed by atoms with Crippen molar-refractivity contribution in [2.24, 2.45) is 5.92 Å². The fourth-order valence-electron chi connectivity index (χ4n) is 2.79. The fraction of sp³-hybridized carbons (Fsp3) is 0.588. The Balaban J connectivity index is 1.75. The highest BCUT2D eigenvalue weighted by molar-refractivity contribution is 5.75. The molecule has 0 aliphatic carbocycles. The zero-order chi connectivity index (χ0) is 15.8. The lowest BCUT2D eigenvalue weighted by Gasteiger charge is -2.22. The van der Waals surface area contributed by atoms with Gasteiger partial charge in [0, 0.05) is 13.0 Å². The molecule has 22 heavy (non-hydrogen) atoms. The van der Waals surface area contributed by atoms with Crippen molar-refractivity contribution in [1.29, 1.82) is 0 Å². The van der Waals surface area contributed by atoms with Crippen molar-refractivity contribution in [3.63, 3.8) is 0 Å². The summed E-state index contributed by atoms with van der Waals surface area (Å²) in [7, 11) is 3.22. The van der Waals surface area contributed by atoms with E-state index in [2.05, 4.69) is 10.6 Å². The molecule has 1 fully saturated rings. The number of piperidine rings is 1. The molecule has 1 aromatic rings. The van der Waals surface area contributed by atoms with Gasteiger partial charge in [-0.1, -0.05) is 6.07 Å². The molecule has 5 heteroatoms. The molecule has 2 rings (SSSR count). The van der Waals surface area contributed by atoms with Gasteiger partial charge in [-0.2, -0.15) is 0 Å². The maximum Gasteiger partial charge on any atom is 0.220 e. The highest BCUT2D eigenvalue weighted by atomic mass is 16.5. The molecule has 2 N–H and O–H groups in total. The van der Waals surface area contributed by atoms with Crippen LogP contribution in [0.15, 0.2) is 18.2 Å². The smallest absolute Gasteiger partial charge is 0.220 e. The monoisotopic (exact) mass is 306 g/mol. The van der Waals surface area contributed by atoms with Gasteiger partial charge in [-0.3, -0.25) is 4.79 Å². The summed E-state index contributed by atoms with van der Waals surface area (Å²) in [5.74, 6) is 2.19. The van der Waals surface area contributed by atoms with Crippen LogP contribution in [0.1, 0.15) is 31.2 Å². The van der Waals surface area contributed by atoms with Crippen LogP contribution < -0.4 is 20.1 Å². The summed E-state index contributed by atoms with van der Waals surface area (Å²) in [6.07, 6.45) is 3.96. The van der Waals surface area contributed by atoms with Crippen LogP contribution in [-0.4, -0.2) is 33.2 Å². The molecule has 0 unspecified atom stereocenters. The molecule has 0 saturated carbocycles. The van der Waals surface area contributed by atoms with Crippen LogP contribution >= 0.6 is 0 Å². The van der Waals surface area contributed by atoms with E-state index in [4.69, 9.17) is 9.47 Å². The molecule has 0 radical (unpaired) electrons. The van der Waals surface area contributed by atoms with Crippen molar-refractivity contribution < 1.29 is 14.3 Å². The number of methoxy groups -OCH3 is 2. The highest BCUT2D eigenvalue weighted by Crippen LogP contribution is 2.27. The first-order valence-corrected chi connectivity index (χ1v) is 7.91. The normalized spacial score (nSPS) is 15.4. The first-order chi connectivity index (χ1) is 10.7. The minimum atomic E-state index is 0.119. The van der Waals surface area contributed by atoms with E-state index in [1.807, 2.05) is 18.2 Å². The molecule has 0 bridgehead atoms. The summed E-state index contributed by atoms with van der Waals surface area (Å²) >= 11 is 0. The number of hydrogen-bond acceptors (Lipinski definition) is 4. The summed E-state index contributed by atoms with van der Waals surface area (Å²) < 4.78 is 10.5. The second kappa shape index (κ2) is 8.63. The van der Waals surface area contributed by atoms with Crippen molar-refractivity contribution in [3.05, 3.63) is 23.8 Å². The Labute approximate surface area is 132 Å². The van der Waals surface area contributed by atoms with Crippen molar-refractivity contribution in [3.8, 4) is 11.5 Å². The van der Waals surface area contributed by atoms with E-state index in [0.717, 1.165) is 25.1 Å². The average molecular weight is 306 g/mol. The van der Waals surface area contributed by atoms with Gasteiger partial charge >= 0.3 is 0 Å². The Hall–Kier alpha value is -1.75. The van der Waals surface area contributed by atoms with Crippen LogP contribution in [0.3, 0.4) is 0 Å². The van der Waals surface area contributed by atoms with Gasteiger partial charge in [-0.05, 0) is 56.0 Å². The fourth-order valence-corrected chi connectivity index (χ4v) is 2.79. The Morgan fingerprint density at radius 2 is 1.95 bits per heavy atom. The Morgan fingerprint density at radius 3 is 2.64 bits per heavy atom. The number of benzene rings is 1. The summed E-state index contributed by atoms with van der Waals surface area (Å²) in [5.41, 5.74) is 1.01. The van der Waals surface area contributed by atoms with Gasteiger partial charge in [-0.15, -0.1) is 0 Å². The quantitative estimate of drug-likeness (QED) is 0.810. The molecule has 0 atom stereocenters. The number of nitrogens with one attached hydrogen (secondary N) is 2. The lowest BCUT2D eigenvalue weighted by Crippen LogP contribution is -2.29. The number of rotatable bonds is 7. The molecule has 0 aromatic heterocycles. The lowest BCUT2D eigenvalue weighted by molar-refractivity contribution is -0.121. The van der Waals surface area contributed by atoms with E-state index in [1.165, 1.54) is 12.8 Å². The zero-order valence-corrected chi connectivity index (χ0v) is 13.5. The topological polar surface area (TPSA) is 59.6 Å². The van der Waals surface area contributed by atoms with E-state index in [9.17, 15) is 4.79 Å². The van der Waals surface area contributed by atoms with Gasteiger partial charge in [0.2, 0.25) is 5.91 Å². The average Bonchev–Trinajstić information content (AvgIpc) is 2.58. The summed E-state index contributed by atoms with van der Waals surface area (Å²) in [6, 6.07) is 5.69. The number of carbonyl (C=O) groups excluding carboxylic acids is 1. The second-order valence-corrected chi connectivity index (χ2v) is 5.70. The van der Waals surface area contributed by atoms with Gasteiger partial charge in [-0.25, -0.2) is 0 Å². The van der Waals surface area contributed by atoms with Crippen molar-refractivity contribution >= 4 is 5.91 Å². The van der Waals surface area contributed by atoms with Crippen molar-refractivity contribution in [2.45, 2.75) is 32.2 Å². The molecule has 1 aliphatic rings. The number of amides is 1. The van der Waals surface area contributed by atoms with Gasteiger partial charge in [0.1, 0.15) is 0 Å². The van der Waals surface area contributed by atoms with E-state index >= 15 is 0 Å². The Kier molecular flexibility index (Phi) is 6.52. The zero-order valence-electron chi connectivity index (χ0n) is 13.5. The van der Waals surface area contributed by atoms with Gasteiger partial charge in [0.05, 0.1) is 14.2 Å². The molecule has 1 amide bonds. The lowest BCUT2D eigenvalue weighted by atomic mass is 9.93. The van der Waals surface area contributed by atoms with Gasteiger partial charge in [0.25, 0.3) is 0 Å². The van der Waals surface area contributed by atoms with Crippen LogP contribution in [0.25, 0.3) is 0 Å². The van der Waals surface area contributed by atoms with E-state index in [0.29, 0.717) is 30.4 Å². The Morgan fingerprint density at radius 1 is 1.23 bits per heavy atom. The maximum atomic E-state index is 12.0. The first kappa shape index (κ1) is 16.6. The third-order valence-electron chi connectivity index (χ3n) is 4.18. The standard InChI is InChI=1S/C17H26N2O3/c1-21-15-5-3-14(11-16(15)22-2)12-19-17(20)6-4-13-7-9-18-10-8-13/h3,5,11,13,18H,4,6-10,12H2,1-2H3,(H,19,20). The summed E-state index contributed by atoms with van der Waals surface area (Å²) in [6.45, 7) is 2.68. The van der Waals surface area contributed by atoms with Gasteiger partial charge < -0.3 is 20.1 Å². The van der Waals surface area contributed by atoms with Crippen LogP contribution in [0.4, 0.5) is 0 Å². The molecule has 1 aromatic carbocycles. The third-order valence-corrected chi connectivity index (χ3v) is 4.18.